The van der Waals surface area contributed by atoms with Crippen molar-refractivity contribution < 1.29 is 9.53 Å². The van der Waals surface area contributed by atoms with E-state index in [0.717, 1.165) is 31.0 Å². The normalized spacial score (nSPS) is 27.8. The minimum absolute atomic E-state index is 0.0799. The molecule has 7 heteroatoms. The molecule has 2 heterocycles. The molecule has 1 fully saturated rings. The maximum absolute atomic E-state index is 12.2. The lowest BCUT2D eigenvalue weighted by atomic mass is 9.56. The summed E-state index contributed by atoms with van der Waals surface area (Å²) in [6.07, 6.45) is 6.18. The molecule has 0 spiro atoms. The van der Waals surface area contributed by atoms with Gasteiger partial charge in [-0.3, -0.25) is 0 Å². The minimum Gasteiger partial charge on any atom is -0.378 e. The van der Waals surface area contributed by atoms with Crippen molar-refractivity contribution in [2.24, 2.45) is 5.41 Å². The van der Waals surface area contributed by atoms with E-state index in [0.29, 0.717) is 13.0 Å². The molecule has 3 rings (SSSR count). The van der Waals surface area contributed by atoms with Gasteiger partial charge in [-0.25, -0.2) is 4.79 Å². The van der Waals surface area contributed by atoms with E-state index in [1.165, 1.54) is 19.3 Å². The Hall–Kier alpha value is -1.63. The van der Waals surface area contributed by atoms with Crippen molar-refractivity contribution >= 4 is 6.03 Å². The van der Waals surface area contributed by atoms with Gasteiger partial charge in [-0.1, -0.05) is 20.3 Å². The van der Waals surface area contributed by atoms with Gasteiger partial charge in [-0.15, -0.1) is 10.2 Å². The molecule has 2 atom stereocenters. The van der Waals surface area contributed by atoms with E-state index < -0.39 is 0 Å². The van der Waals surface area contributed by atoms with Crippen LogP contribution in [-0.4, -0.2) is 46.1 Å². The van der Waals surface area contributed by atoms with Crippen molar-refractivity contribution in [2.75, 3.05) is 13.7 Å². The number of methoxy groups -OCH3 is 1. The number of hydrogen-bond acceptors (Lipinski definition) is 4. The first kappa shape index (κ1) is 18.2. The topological polar surface area (TPSA) is 81.1 Å². The molecule has 0 saturated heterocycles. The second kappa shape index (κ2) is 6.94. The number of aromatic nitrogens is 3. The van der Waals surface area contributed by atoms with Crippen LogP contribution in [0.4, 0.5) is 4.79 Å². The summed E-state index contributed by atoms with van der Waals surface area (Å²) in [6, 6.07) is 0.00801. The van der Waals surface area contributed by atoms with Crippen LogP contribution in [-0.2, 0) is 24.1 Å². The molecule has 2 aliphatic rings. The van der Waals surface area contributed by atoms with Crippen molar-refractivity contribution in [3.8, 4) is 0 Å². The second-order valence-electron chi connectivity index (χ2n) is 8.06. The fraction of sp³-hybridized carbons (Fsp3) is 0.833. The largest absolute Gasteiger partial charge is 0.378 e. The zero-order valence-corrected chi connectivity index (χ0v) is 15.9. The highest BCUT2D eigenvalue weighted by Crippen LogP contribution is 2.51. The Kier molecular flexibility index (Phi) is 5.04. The van der Waals surface area contributed by atoms with E-state index in [1.807, 2.05) is 0 Å². The zero-order valence-electron chi connectivity index (χ0n) is 15.9. The highest BCUT2D eigenvalue weighted by Gasteiger charge is 2.58. The third-order valence-electron chi connectivity index (χ3n) is 6.40. The average molecular weight is 349 g/mol. The number of carbonyl (C=O) groups excluding carboxylic acids is 1. The molecule has 1 aromatic rings. The Balaban J connectivity index is 1.46. The Morgan fingerprint density at radius 1 is 1.28 bits per heavy atom. The molecule has 25 heavy (non-hydrogen) atoms. The lowest BCUT2D eigenvalue weighted by Gasteiger charge is -2.59. The lowest BCUT2D eigenvalue weighted by molar-refractivity contribution is -0.177. The second-order valence-corrected chi connectivity index (χ2v) is 8.06. The van der Waals surface area contributed by atoms with E-state index in [2.05, 4.69) is 46.2 Å². The standard InChI is InChI=1S/C18H31N5O2/c1-17(2)13(12-18(17,3)25-4)20-16(24)19-10-9-15-22-21-14-8-6-5-7-11-23(14)15/h13H,5-12H2,1-4H3,(H2,19,20,24)/t13-,18+/m0/s1. The Morgan fingerprint density at radius 3 is 2.80 bits per heavy atom. The van der Waals surface area contributed by atoms with Gasteiger partial charge in [0, 0.05) is 44.5 Å². The number of fused-ring (bicyclic) bond motifs is 1. The highest BCUT2D eigenvalue weighted by molar-refractivity contribution is 5.74. The number of amides is 2. The number of carbonyl (C=O) groups is 1. The van der Waals surface area contributed by atoms with Crippen LogP contribution in [0.5, 0.6) is 0 Å². The van der Waals surface area contributed by atoms with Crippen molar-refractivity contribution in [3.05, 3.63) is 11.6 Å². The Morgan fingerprint density at radius 2 is 2.08 bits per heavy atom. The van der Waals surface area contributed by atoms with Crippen LogP contribution in [0, 0.1) is 5.41 Å². The molecule has 1 aromatic heterocycles. The zero-order chi connectivity index (χ0) is 18.1. The average Bonchev–Trinajstić information content (AvgIpc) is 2.81. The summed E-state index contributed by atoms with van der Waals surface area (Å²) in [6.45, 7) is 7.93. The van der Waals surface area contributed by atoms with Gasteiger partial charge < -0.3 is 19.9 Å². The van der Waals surface area contributed by atoms with Gasteiger partial charge in [0.05, 0.1) is 5.60 Å². The van der Waals surface area contributed by atoms with Crippen LogP contribution in [0.25, 0.3) is 0 Å². The Labute approximate surface area is 149 Å². The molecule has 0 unspecified atom stereocenters. The number of rotatable bonds is 5. The lowest BCUT2D eigenvalue weighted by Crippen LogP contribution is -2.69. The number of aryl methyl sites for hydroxylation is 1. The van der Waals surface area contributed by atoms with Crippen LogP contribution < -0.4 is 10.6 Å². The smallest absolute Gasteiger partial charge is 0.315 e. The van der Waals surface area contributed by atoms with Crippen LogP contribution in [0.1, 0.15) is 58.1 Å². The van der Waals surface area contributed by atoms with Crippen LogP contribution in [0.15, 0.2) is 0 Å². The molecule has 0 bridgehead atoms. The van der Waals surface area contributed by atoms with Crippen molar-refractivity contribution in [2.45, 2.75) is 77.5 Å². The minimum atomic E-state index is -0.177. The van der Waals surface area contributed by atoms with Gasteiger partial charge in [0.25, 0.3) is 0 Å². The van der Waals surface area contributed by atoms with E-state index in [1.54, 1.807) is 7.11 Å². The molecule has 1 saturated carbocycles. The summed E-state index contributed by atoms with van der Waals surface area (Å²) < 4.78 is 7.83. The van der Waals surface area contributed by atoms with Crippen LogP contribution in [0.3, 0.4) is 0 Å². The number of ether oxygens (including phenoxy) is 1. The first-order chi connectivity index (χ1) is 11.9. The molecule has 2 N–H and O–H groups in total. The molecule has 0 aromatic carbocycles. The molecule has 7 nitrogen and oxygen atoms in total. The summed E-state index contributed by atoms with van der Waals surface area (Å²) in [5.41, 5.74) is -0.256. The van der Waals surface area contributed by atoms with Gasteiger partial charge in [-0.2, -0.15) is 0 Å². The first-order valence-electron chi connectivity index (χ1n) is 9.38. The summed E-state index contributed by atoms with van der Waals surface area (Å²) in [7, 11) is 1.74. The molecular weight excluding hydrogens is 318 g/mol. The third kappa shape index (κ3) is 3.38. The fourth-order valence-corrected chi connectivity index (χ4v) is 3.95. The SMILES string of the molecule is CO[C@]1(C)C[C@H](NC(=O)NCCc2nnc3n2CCCCC3)C1(C)C. The Bertz CT molecular complexity index is 627. The third-order valence-corrected chi connectivity index (χ3v) is 6.40. The predicted molar refractivity (Wildman–Crippen MR) is 95.4 cm³/mol. The number of urea groups is 1. The van der Waals surface area contributed by atoms with Crippen LogP contribution >= 0.6 is 0 Å². The summed E-state index contributed by atoms with van der Waals surface area (Å²) in [4.78, 5) is 12.2. The van der Waals surface area contributed by atoms with E-state index in [4.69, 9.17) is 4.74 Å². The molecule has 140 valence electrons. The summed E-state index contributed by atoms with van der Waals surface area (Å²) in [5.74, 6) is 2.07. The first-order valence-corrected chi connectivity index (χ1v) is 9.38. The number of nitrogens with one attached hydrogen (secondary N) is 2. The van der Waals surface area contributed by atoms with Gasteiger partial charge >= 0.3 is 6.03 Å². The monoisotopic (exact) mass is 349 g/mol. The van der Waals surface area contributed by atoms with Gasteiger partial charge in [0.15, 0.2) is 0 Å². The number of nitrogens with zero attached hydrogens (tertiary/aromatic N) is 3. The van der Waals surface area contributed by atoms with Crippen molar-refractivity contribution in [1.29, 1.82) is 0 Å². The van der Waals surface area contributed by atoms with E-state index in [-0.39, 0.29) is 23.1 Å². The summed E-state index contributed by atoms with van der Waals surface area (Å²) >= 11 is 0. The molecule has 2 amide bonds. The van der Waals surface area contributed by atoms with E-state index >= 15 is 0 Å². The molecule has 1 aliphatic heterocycles. The molecule has 1 aliphatic carbocycles. The predicted octanol–water partition coefficient (Wildman–Crippen LogP) is 2.05. The molecular formula is C18H31N5O2. The maximum atomic E-state index is 12.2. The van der Waals surface area contributed by atoms with Gasteiger partial charge in [0.2, 0.25) is 0 Å². The molecule has 0 radical (unpaired) electrons. The van der Waals surface area contributed by atoms with Gasteiger partial charge in [0.1, 0.15) is 11.6 Å². The van der Waals surface area contributed by atoms with Crippen molar-refractivity contribution in [3.63, 3.8) is 0 Å². The fourth-order valence-electron chi connectivity index (χ4n) is 3.95. The van der Waals surface area contributed by atoms with Crippen LogP contribution in [0.2, 0.25) is 0 Å². The van der Waals surface area contributed by atoms with Crippen molar-refractivity contribution in [1.82, 2.24) is 25.4 Å². The summed E-state index contributed by atoms with van der Waals surface area (Å²) in [5, 5.41) is 14.6. The van der Waals surface area contributed by atoms with Gasteiger partial charge in [-0.05, 0) is 26.2 Å². The maximum Gasteiger partial charge on any atom is 0.315 e. The number of hydrogen-bond donors (Lipinski definition) is 2. The quantitative estimate of drug-likeness (QED) is 0.852. The van der Waals surface area contributed by atoms with E-state index in [9.17, 15) is 4.79 Å². The highest BCUT2D eigenvalue weighted by atomic mass is 16.5.